The molecule has 0 saturated heterocycles. The second-order valence-electron chi connectivity index (χ2n) is 4.66. The van der Waals surface area contributed by atoms with Gasteiger partial charge < -0.3 is 0 Å². The molecule has 0 bridgehead atoms. The second kappa shape index (κ2) is 4.30. The first-order chi connectivity index (χ1) is 8.43. The van der Waals surface area contributed by atoms with Crippen LogP contribution in [0.2, 0.25) is 0 Å². The highest BCUT2D eigenvalue weighted by Crippen LogP contribution is 2.47. The Morgan fingerprint density at radius 1 is 0.611 bits per heavy atom. The third-order valence-corrected chi connectivity index (χ3v) is 8.14. The minimum absolute atomic E-state index is 1.26. The molecule has 0 spiro atoms. The molecule has 2 heterocycles. The van der Waals surface area contributed by atoms with E-state index in [-0.39, 0.29) is 0 Å². The lowest BCUT2D eigenvalue weighted by atomic mass is 9.99. The minimum atomic E-state index is 1.26. The number of hydrogen-bond donors (Lipinski definition) is 0. The summed E-state index contributed by atoms with van der Waals surface area (Å²) in [6.07, 6.45) is 0. The number of fused-ring (bicyclic) bond motifs is 3. The summed E-state index contributed by atoms with van der Waals surface area (Å²) in [6, 6.07) is 0. The summed E-state index contributed by atoms with van der Waals surface area (Å²) < 4.78 is 5.37. The van der Waals surface area contributed by atoms with E-state index in [1.807, 2.05) is 22.7 Å². The van der Waals surface area contributed by atoms with Gasteiger partial charge in [-0.15, -0.1) is 22.7 Å². The summed E-state index contributed by atoms with van der Waals surface area (Å²) in [5, 5.41) is 2.87. The molecule has 3 aromatic rings. The molecule has 0 aliphatic carbocycles. The van der Waals surface area contributed by atoms with Crippen LogP contribution in [-0.2, 0) is 0 Å². The highest BCUT2D eigenvalue weighted by atomic mass is 79.9. The van der Waals surface area contributed by atoms with Crippen LogP contribution in [0.1, 0.15) is 22.3 Å². The van der Waals surface area contributed by atoms with Gasteiger partial charge in [0.15, 0.2) is 0 Å². The molecule has 0 aliphatic heterocycles. The molecule has 0 N–H and O–H groups in total. The van der Waals surface area contributed by atoms with Gasteiger partial charge in [-0.2, -0.15) is 0 Å². The van der Waals surface area contributed by atoms with Crippen LogP contribution in [0.5, 0.6) is 0 Å². The molecular weight excluding hydrogens is 392 g/mol. The summed E-state index contributed by atoms with van der Waals surface area (Å²) in [7, 11) is 0. The fourth-order valence-corrected chi connectivity index (χ4v) is 6.22. The standard InChI is InChI=1S/C14H12Br2S2/c1-5-6(2)11-10(8(4)14(16)17-11)12-9(5)7(3)13(15)18-12/h1-4H3. The van der Waals surface area contributed by atoms with Gasteiger partial charge in [-0.25, -0.2) is 0 Å². The molecule has 1 aromatic carbocycles. The van der Waals surface area contributed by atoms with Crippen molar-refractivity contribution in [2.75, 3.05) is 0 Å². The molecule has 0 nitrogen and oxygen atoms in total. The predicted octanol–water partition coefficient (Wildman–Crippen LogP) is 6.87. The quantitative estimate of drug-likeness (QED) is 0.383. The predicted molar refractivity (Wildman–Crippen MR) is 91.6 cm³/mol. The summed E-state index contributed by atoms with van der Waals surface area (Å²) in [6.45, 7) is 8.90. The molecule has 3 rings (SSSR count). The van der Waals surface area contributed by atoms with Gasteiger partial charge in [0.25, 0.3) is 0 Å². The van der Waals surface area contributed by atoms with Crippen LogP contribution in [0.25, 0.3) is 20.2 Å². The number of aryl methyl sites for hydroxylation is 4. The lowest BCUT2D eigenvalue weighted by molar-refractivity contribution is 1.41. The summed E-state index contributed by atoms with van der Waals surface area (Å²) in [5.74, 6) is 0. The van der Waals surface area contributed by atoms with E-state index in [1.165, 1.54) is 50.0 Å². The number of benzene rings is 1. The first-order valence-electron chi connectivity index (χ1n) is 5.69. The first kappa shape index (κ1) is 13.1. The van der Waals surface area contributed by atoms with Crippen molar-refractivity contribution in [3.63, 3.8) is 0 Å². The van der Waals surface area contributed by atoms with E-state index in [0.717, 1.165) is 0 Å². The van der Waals surface area contributed by atoms with Gasteiger partial charge in [0.1, 0.15) is 0 Å². The van der Waals surface area contributed by atoms with E-state index >= 15 is 0 Å². The molecule has 0 unspecified atom stereocenters. The third kappa shape index (κ3) is 1.59. The van der Waals surface area contributed by atoms with Gasteiger partial charge >= 0.3 is 0 Å². The number of rotatable bonds is 0. The Morgan fingerprint density at radius 2 is 1.11 bits per heavy atom. The Bertz CT molecular complexity index is 794. The zero-order valence-electron chi connectivity index (χ0n) is 10.6. The van der Waals surface area contributed by atoms with Crippen molar-refractivity contribution in [2.24, 2.45) is 0 Å². The fraction of sp³-hybridized carbons (Fsp3) is 0.286. The Kier molecular flexibility index (Phi) is 3.13. The van der Waals surface area contributed by atoms with Gasteiger partial charge in [-0.1, -0.05) is 0 Å². The number of hydrogen-bond acceptors (Lipinski definition) is 2. The van der Waals surface area contributed by atoms with E-state index < -0.39 is 0 Å². The number of halogens is 2. The van der Waals surface area contributed by atoms with Crippen molar-refractivity contribution < 1.29 is 0 Å². The van der Waals surface area contributed by atoms with Crippen LogP contribution in [0.15, 0.2) is 7.57 Å². The lowest BCUT2D eigenvalue weighted by Crippen LogP contribution is -1.84. The third-order valence-electron chi connectivity index (χ3n) is 3.68. The Labute approximate surface area is 131 Å². The van der Waals surface area contributed by atoms with Gasteiger partial charge in [-0.3, -0.25) is 0 Å². The van der Waals surface area contributed by atoms with Gasteiger partial charge in [0, 0.05) is 20.2 Å². The molecule has 0 atom stereocenters. The molecule has 4 heteroatoms. The molecule has 2 aromatic heterocycles. The SMILES string of the molecule is Cc1c(C)c2c(C)c(Br)sc2c2c(C)c(Br)sc12. The maximum Gasteiger partial charge on any atom is 0.0740 e. The van der Waals surface area contributed by atoms with Gasteiger partial charge in [0.2, 0.25) is 0 Å². The monoisotopic (exact) mass is 402 g/mol. The summed E-state index contributed by atoms with van der Waals surface area (Å²) in [4.78, 5) is 0. The van der Waals surface area contributed by atoms with Crippen LogP contribution in [0, 0.1) is 27.7 Å². The maximum absolute atomic E-state index is 3.69. The zero-order chi connectivity index (χ0) is 13.2. The van der Waals surface area contributed by atoms with Crippen LogP contribution >= 0.6 is 54.5 Å². The van der Waals surface area contributed by atoms with Crippen LogP contribution in [0.4, 0.5) is 0 Å². The van der Waals surface area contributed by atoms with Crippen molar-refractivity contribution >= 4 is 74.7 Å². The Balaban J connectivity index is 2.72. The smallest absolute Gasteiger partial charge is 0.0740 e. The Hall–Kier alpha value is 0.1000. The van der Waals surface area contributed by atoms with Crippen molar-refractivity contribution in [3.8, 4) is 0 Å². The lowest BCUT2D eigenvalue weighted by Gasteiger charge is -2.06. The first-order valence-corrected chi connectivity index (χ1v) is 8.91. The molecule has 0 amide bonds. The highest BCUT2D eigenvalue weighted by molar-refractivity contribution is 9.11. The minimum Gasteiger partial charge on any atom is -0.128 e. The van der Waals surface area contributed by atoms with E-state index in [0.29, 0.717) is 0 Å². The molecule has 0 aliphatic rings. The van der Waals surface area contributed by atoms with Crippen molar-refractivity contribution in [1.29, 1.82) is 0 Å². The maximum atomic E-state index is 3.69. The van der Waals surface area contributed by atoms with Crippen molar-refractivity contribution in [3.05, 3.63) is 29.8 Å². The van der Waals surface area contributed by atoms with Gasteiger partial charge in [0.05, 0.1) is 7.57 Å². The molecule has 18 heavy (non-hydrogen) atoms. The summed E-state index contributed by atoms with van der Waals surface area (Å²) in [5.41, 5.74) is 5.59. The fourth-order valence-electron chi connectivity index (χ4n) is 2.49. The normalized spacial score (nSPS) is 11.9. The van der Waals surface area contributed by atoms with E-state index in [4.69, 9.17) is 0 Å². The largest absolute Gasteiger partial charge is 0.128 e. The molecule has 0 saturated carbocycles. The summed E-state index contributed by atoms with van der Waals surface area (Å²) >= 11 is 11.1. The average molecular weight is 404 g/mol. The van der Waals surface area contributed by atoms with Crippen LogP contribution in [0.3, 0.4) is 0 Å². The second-order valence-corrected chi connectivity index (χ2v) is 9.34. The number of thiophene rings is 2. The Morgan fingerprint density at radius 3 is 1.72 bits per heavy atom. The molecular formula is C14H12Br2S2. The highest BCUT2D eigenvalue weighted by Gasteiger charge is 2.19. The van der Waals surface area contributed by atoms with Crippen LogP contribution < -0.4 is 0 Å². The zero-order valence-corrected chi connectivity index (χ0v) is 15.4. The molecule has 0 radical (unpaired) electrons. The van der Waals surface area contributed by atoms with Crippen molar-refractivity contribution in [2.45, 2.75) is 27.7 Å². The van der Waals surface area contributed by atoms with Crippen molar-refractivity contribution in [1.82, 2.24) is 0 Å². The van der Waals surface area contributed by atoms with E-state index in [2.05, 4.69) is 59.6 Å². The van der Waals surface area contributed by atoms with E-state index in [1.54, 1.807) is 0 Å². The topological polar surface area (TPSA) is 0 Å². The van der Waals surface area contributed by atoms with E-state index in [9.17, 15) is 0 Å². The average Bonchev–Trinajstić information content (AvgIpc) is 2.77. The van der Waals surface area contributed by atoms with Gasteiger partial charge in [-0.05, 0) is 81.8 Å². The molecule has 0 fully saturated rings. The molecule has 94 valence electrons. The van der Waals surface area contributed by atoms with Crippen LogP contribution in [-0.4, -0.2) is 0 Å².